The number of hydrogen-bond donors (Lipinski definition) is 1. The van der Waals surface area contributed by atoms with Crippen LogP contribution in [-0.4, -0.2) is 36.6 Å². The van der Waals surface area contributed by atoms with Crippen molar-refractivity contribution in [3.8, 4) is 0 Å². The summed E-state index contributed by atoms with van der Waals surface area (Å²) in [6.45, 7) is 5.75. The Labute approximate surface area is 198 Å². The van der Waals surface area contributed by atoms with Gasteiger partial charge in [0.1, 0.15) is 6.04 Å². The summed E-state index contributed by atoms with van der Waals surface area (Å²) in [6.07, 6.45) is 5.50. The molecule has 1 N–H and O–H groups in total. The summed E-state index contributed by atoms with van der Waals surface area (Å²) >= 11 is 0. The minimum absolute atomic E-state index is 0.0639. The van der Waals surface area contributed by atoms with E-state index in [1.807, 2.05) is 4.68 Å². The summed E-state index contributed by atoms with van der Waals surface area (Å²) in [6, 6.07) is 14.9. The maximum Gasteiger partial charge on any atom is 0.253 e. The number of aromatic amines is 1. The molecule has 4 aromatic rings. The average Bonchev–Trinajstić information content (AvgIpc) is 3.55. The van der Waals surface area contributed by atoms with Crippen LogP contribution in [0.5, 0.6) is 0 Å². The van der Waals surface area contributed by atoms with Crippen molar-refractivity contribution >= 4 is 10.9 Å². The smallest absolute Gasteiger partial charge is 0.253 e. The van der Waals surface area contributed by atoms with Gasteiger partial charge in [0, 0.05) is 18.7 Å². The van der Waals surface area contributed by atoms with Crippen LogP contribution in [0, 0.1) is 13.8 Å². The van der Waals surface area contributed by atoms with Gasteiger partial charge in [0.2, 0.25) is 0 Å². The van der Waals surface area contributed by atoms with E-state index in [1.54, 1.807) is 0 Å². The average molecular weight is 455 g/mol. The van der Waals surface area contributed by atoms with E-state index in [-0.39, 0.29) is 11.6 Å². The van der Waals surface area contributed by atoms with Crippen LogP contribution in [-0.2, 0) is 13.0 Å². The second-order valence-electron chi connectivity index (χ2n) is 9.84. The van der Waals surface area contributed by atoms with Crippen molar-refractivity contribution in [2.75, 3.05) is 6.54 Å². The van der Waals surface area contributed by atoms with Gasteiger partial charge in [0.15, 0.2) is 5.82 Å². The molecule has 1 atom stereocenters. The molecule has 0 bridgehead atoms. The fourth-order valence-corrected chi connectivity index (χ4v) is 5.77. The van der Waals surface area contributed by atoms with E-state index in [0.717, 1.165) is 54.6 Å². The van der Waals surface area contributed by atoms with Crippen LogP contribution >= 0.6 is 0 Å². The molecule has 7 nitrogen and oxygen atoms in total. The molecule has 0 amide bonds. The summed E-state index contributed by atoms with van der Waals surface area (Å²) in [7, 11) is 0. The zero-order valence-corrected chi connectivity index (χ0v) is 19.8. The summed E-state index contributed by atoms with van der Waals surface area (Å²) in [5.41, 5.74) is 6.53. The molecule has 6 rings (SSSR count). The number of benzene rings is 2. The van der Waals surface area contributed by atoms with E-state index in [9.17, 15) is 4.79 Å². The van der Waals surface area contributed by atoms with E-state index in [0.29, 0.717) is 11.6 Å². The predicted octanol–water partition coefficient (Wildman–Crippen LogP) is 4.39. The Balaban J connectivity index is 1.51. The lowest BCUT2D eigenvalue weighted by Crippen LogP contribution is -2.39. The van der Waals surface area contributed by atoms with Crippen molar-refractivity contribution in [3.63, 3.8) is 0 Å². The minimum Gasteiger partial charge on any atom is -0.321 e. The largest absolute Gasteiger partial charge is 0.321 e. The van der Waals surface area contributed by atoms with Crippen LogP contribution in [0.15, 0.2) is 47.3 Å². The molecule has 1 aliphatic heterocycles. The second kappa shape index (κ2) is 8.47. The number of tetrazole rings is 1. The van der Waals surface area contributed by atoms with Crippen molar-refractivity contribution in [3.05, 3.63) is 86.5 Å². The minimum atomic E-state index is -0.307. The molecular formula is C27H30N6O. The van der Waals surface area contributed by atoms with Gasteiger partial charge < -0.3 is 4.98 Å². The zero-order chi connectivity index (χ0) is 23.2. The molecule has 0 spiro atoms. The summed E-state index contributed by atoms with van der Waals surface area (Å²) in [4.78, 5) is 19.2. The van der Waals surface area contributed by atoms with Crippen molar-refractivity contribution in [2.45, 2.75) is 64.6 Å². The molecule has 7 heteroatoms. The Morgan fingerprint density at radius 3 is 2.68 bits per heavy atom. The van der Waals surface area contributed by atoms with E-state index < -0.39 is 0 Å². The molecule has 0 unspecified atom stereocenters. The monoisotopic (exact) mass is 454 g/mol. The molecule has 2 aliphatic rings. The highest BCUT2D eigenvalue weighted by Crippen LogP contribution is 2.36. The van der Waals surface area contributed by atoms with Gasteiger partial charge in [-0.2, -0.15) is 0 Å². The standard InChI is InChI=1S/C27H30N6O/c1-17-11-12-20-15-23(27(34)28-24(20)18(17)2)25(26-29-30-31-33(26)22-9-5-6-10-22)32-14-13-19-7-3-4-8-21(19)16-32/h3-4,7-8,11-12,15,22,25H,5-6,9-10,13-14,16H2,1-2H3,(H,28,34)/t25-/m0/s1. The fourth-order valence-electron chi connectivity index (χ4n) is 5.77. The van der Waals surface area contributed by atoms with E-state index in [2.05, 4.69) is 81.7 Å². The third-order valence-corrected chi connectivity index (χ3v) is 7.83. The third-order valence-electron chi connectivity index (χ3n) is 7.83. The maximum atomic E-state index is 13.6. The van der Waals surface area contributed by atoms with Crippen LogP contribution in [0.25, 0.3) is 10.9 Å². The van der Waals surface area contributed by atoms with Crippen molar-refractivity contribution in [2.24, 2.45) is 0 Å². The Hall–Kier alpha value is -3.32. The third kappa shape index (κ3) is 3.55. The number of H-pyrrole nitrogens is 1. The first-order valence-electron chi connectivity index (χ1n) is 12.3. The number of hydrogen-bond acceptors (Lipinski definition) is 5. The molecule has 1 aliphatic carbocycles. The van der Waals surface area contributed by atoms with Gasteiger partial charge in [-0.1, -0.05) is 49.2 Å². The summed E-state index contributed by atoms with van der Waals surface area (Å²) < 4.78 is 2.00. The van der Waals surface area contributed by atoms with Gasteiger partial charge in [-0.05, 0) is 77.2 Å². The quantitative estimate of drug-likeness (QED) is 0.495. The van der Waals surface area contributed by atoms with E-state index in [4.69, 9.17) is 0 Å². The van der Waals surface area contributed by atoms with Gasteiger partial charge in [-0.3, -0.25) is 9.69 Å². The molecule has 3 heterocycles. The first kappa shape index (κ1) is 21.2. The molecule has 1 saturated carbocycles. The number of fused-ring (bicyclic) bond motifs is 2. The highest BCUT2D eigenvalue weighted by atomic mass is 16.1. The van der Waals surface area contributed by atoms with Gasteiger partial charge >= 0.3 is 0 Å². The lowest BCUT2D eigenvalue weighted by Gasteiger charge is -2.35. The van der Waals surface area contributed by atoms with Gasteiger partial charge in [0.05, 0.1) is 11.6 Å². The highest BCUT2D eigenvalue weighted by molar-refractivity contribution is 5.83. The van der Waals surface area contributed by atoms with Crippen LogP contribution in [0.1, 0.15) is 71.4 Å². The number of rotatable bonds is 4. The first-order chi connectivity index (χ1) is 16.6. The van der Waals surface area contributed by atoms with Gasteiger partial charge in [0.25, 0.3) is 5.56 Å². The van der Waals surface area contributed by atoms with Crippen LogP contribution < -0.4 is 5.56 Å². The Morgan fingerprint density at radius 2 is 1.85 bits per heavy atom. The Morgan fingerprint density at radius 1 is 1.06 bits per heavy atom. The summed E-state index contributed by atoms with van der Waals surface area (Å²) in [5, 5.41) is 14.1. The van der Waals surface area contributed by atoms with Crippen LogP contribution in [0.3, 0.4) is 0 Å². The van der Waals surface area contributed by atoms with Crippen molar-refractivity contribution in [1.29, 1.82) is 0 Å². The lowest BCUT2D eigenvalue weighted by atomic mass is 9.95. The molecule has 0 radical (unpaired) electrons. The molecule has 0 saturated heterocycles. The molecule has 1 fully saturated rings. The molecule has 174 valence electrons. The van der Waals surface area contributed by atoms with Crippen LogP contribution in [0.4, 0.5) is 0 Å². The van der Waals surface area contributed by atoms with E-state index in [1.165, 1.54) is 29.5 Å². The number of aryl methyl sites for hydroxylation is 2. The molecule has 2 aromatic heterocycles. The number of pyridine rings is 1. The van der Waals surface area contributed by atoms with E-state index >= 15 is 0 Å². The topological polar surface area (TPSA) is 79.7 Å². The summed E-state index contributed by atoms with van der Waals surface area (Å²) in [5.74, 6) is 0.778. The highest BCUT2D eigenvalue weighted by Gasteiger charge is 2.34. The number of nitrogens with zero attached hydrogens (tertiary/aromatic N) is 5. The first-order valence-corrected chi connectivity index (χ1v) is 12.3. The van der Waals surface area contributed by atoms with Gasteiger partial charge in [-0.25, -0.2) is 4.68 Å². The normalized spacial score (nSPS) is 17.8. The molecule has 2 aromatic carbocycles. The second-order valence-corrected chi connectivity index (χ2v) is 9.84. The molecular weight excluding hydrogens is 424 g/mol. The van der Waals surface area contributed by atoms with Gasteiger partial charge in [-0.15, -0.1) is 5.10 Å². The van der Waals surface area contributed by atoms with Crippen molar-refractivity contribution < 1.29 is 0 Å². The van der Waals surface area contributed by atoms with Crippen LogP contribution in [0.2, 0.25) is 0 Å². The Kier molecular flexibility index (Phi) is 5.29. The molecule has 34 heavy (non-hydrogen) atoms. The maximum absolute atomic E-state index is 13.6. The SMILES string of the molecule is Cc1ccc2cc([C@@H](c3nnnn3C3CCCC3)N3CCc4ccccc4C3)c(=O)[nH]c2c1C. The lowest BCUT2D eigenvalue weighted by molar-refractivity contribution is 0.190. The number of nitrogens with one attached hydrogen (secondary N) is 1. The van der Waals surface area contributed by atoms with Crippen molar-refractivity contribution in [1.82, 2.24) is 30.1 Å². The Bertz CT molecular complexity index is 1410. The fraction of sp³-hybridized carbons (Fsp3) is 0.407. The predicted molar refractivity (Wildman–Crippen MR) is 132 cm³/mol. The zero-order valence-electron chi connectivity index (χ0n) is 19.8. The number of aromatic nitrogens is 5.